The van der Waals surface area contributed by atoms with Crippen LogP contribution >= 0.6 is 11.6 Å². The minimum Gasteiger partial charge on any atom is -0.451 e. The number of benzene rings is 1. The number of nitrogens with one attached hydrogen (secondary N) is 1. The van der Waals surface area contributed by atoms with Crippen molar-refractivity contribution in [2.75, 3.05) is 6.61 Å². The fourth-order valence-corrected chi connectivity index (χ4v) is 2.46. The topological polar surface area (TPSA) is 72.3 Å². The average molecular weight is 347 g/mol. The first-order valence-corrected chi connectivity index (χ1v) is 7.46. The Morgan fingerprint density at radius 3 is 2.96 bits per heavy atom. The number of hydrogen-bond acceptors (Lipinski definition) is 4. The Balaban J connectivity index is 2.28. The van der Waals surface area contributed by atoms with E-state index >= 15 is 0 Å². The molecule has 0 aliphatic rings. The lowest BCUT2D eigenvalue weighted by Gasteiger charge is -2.04. The minimum atomic E-state index is -0.566. The zero-order valence-electron chi connectivity index (χ0n) is 12.6. The van der Waals surface area contributed by atoms with Crippen LogP contribution in [0.25, 0.3) is 16.8 Å². The molecular weight excluding hydrogens is 335 g/mol. The molecule has 0 spiro atoms. The van der Waals surface area contributed by atoms with Gasteiger partial charge in [0.2, 0.25) is 0 Å². The predicted octanol–water partition coefficient (Wildman–Crippen LogP) is 2.45. The molecule has 0 saturated heterocycles. The van der Waals surface area contributed by atoms with Gasteiger partial charge in [-0.25, -0.2) is 9.18 Å². The third-order valence-electron chi connectivity index (χ3n) is 3.38. The van der Waals surface area contributed by atoms with Crippen molar-refractivity contribution >= 4 is 17.2 Å². The van der Waals surface area contributed by atoms with E-state index in [2.05, 4.69) is 21.0 Å². The highest BCUT2D eigenvalue weighted by molar-refractivity contribution is 6.30. The van der Waals surface area contributed by atoms with Crippen molar-refractivity contribution in [2.24, 2.45) is 0 Å². The van der Waals surface area contributed by atoms with Gasteiger partial charge in [-0.1, -0.05) is 30.5 Å². The normalized spacial score (nSPS) is 10.8. The summed E-state index contributed by atoms with van der Waals surface area (Å²) in [4.78, 5) is 18.9. The van der Waals surface area contributed by atoms with Crippen LogP contribution in [0.3, 0.4) is 0 Å². The van der Waals surface area contributed by atoms with E-state index in [-0.39, 0.29) is 23.3 Å². The van der Waals surface area contributed by atoms with Crippen LogP contribution in [-0.2, 0) is 6.42 Å². The number of aromatic nitrogens is 4. The molecular formula is C16H12ClFN4O2. The molecule has 0 fully saturated rings. The molecule has 6 nitrogen and oxygen atoms in total. The molecule has 2 aromatic heterocycles. The third kappa shape index (κ3) is 2.72. The Morgan fingerprint density at radius 1 is 1.50 bits per heavy atom. The van der Waals surface area contributed by atoms with Crippen LogP contribution < -0.4 is 10.4 Å². The first-order chi connectivity index (χ1) is 11.5. The Morgan fingerprint density at radius 2 is 2.29 bits per heavy atom. The Bertz CT molecular complexity index is 1020. The van der Waals surface area contributed by atoms with E-state index in [0.717, 1.165) is 4.52 Å². The van der Waals surface area contributed by atoms with Gasteiger partial charge in [-0.2, -0.15) is 14.6 Å². The summed E-state index contributed by atoms with van der Waals surface area (Å²) in [5, 5.41) is 4.25. The second-order valence-electron chi connectivity index (χ2n) is 4.88. The summed E-state index contributed by atoms with van der Waals surface area (Å²) in [6.07, 6.45) is 5.67. The van der Waals surface area contributed by atoms with E-state index in [1.54, 1.807) is 6.07 Å². The molecule has 0 aliphatic carbocycles. The maximum Gasteiger partial charge on any atom is 0.352 e. The highest BCUT2D eigenvalue weighted by Gasteiger charge is 2.19. The number of hydrogen-bond donors (Lipinski definition) is 1. The molecule has 1 aromatic carbocycles. The van der Waals surface area contributed by atoms with Crippen LogP contribution in [0.5, 0.6) is 6.01 Å². The quantitative estimate of drug-likeness (QED) is 0.736. The average Bonchev–Trinajstić information content (AvgIpc) is 2.94. The monoisotopic (exact) mass is 346 g/mol. The summed E-state index contributed by atoms with van der Waals surface area (Å²) in [7, 11) is 0. The van der Waals surface area contributed by atoms with Gasteiger partial charge in [0, 0.05) is 0 Å². The van der Waals surface area contributed by atoms with Gasteiger partial charge < -0.3 is 4.74 Å². The van der Waals surface area contributed by atoms with E-state index < -0.39 is 11.5 Å². The molecule has 1 N–H and O–H groups in total. The van der Waals surface area contributed by atoms with Crippen molar-refractivity contribution in [1.82, 2.24) is 19.6 Å². The van der Waals surface area contributed by atoms with Crippen molar-refractivity contribution in [2.45, 2.75) is 13.3 Å². The van der Waals surface area contributed by atoms with Gasteiger partial charge in [0.25, 0.3) is 0 Å². The van der Waals surface area contributed by atoms with Crippen molar-refractivity contribution in [3.63, 3.8) is 0 Å². The molecule has 8 heteroatoms. The maximum absolute atomic E-state index is 13.8. The molecule has 2 heterocycles. The van der Waals surface area contributed by atoms with Crippen LogP contribution in [0.1, 0.15) is 12.6 Å². The van der Waals surface area contributed by atoms with Gasteiger partial charge in [0.1, 0.15) is 5.82 Å². The number of terminal acetylenes is 1. The molecule has 0 aliphatic heterocycles. The summed E-state index contributed by atoms with van der Waals surface area (Å²) >= 11 is 5.74. The highest BCUT2D eigenvalue weighted by atomic mass is 35.5. The lowest BCUT2D eigenvalue weighted by atomic mass is 10.0. The van der Waals surface area contributed by atoms with Crippen LogP contribution in [-0.4, -0.2) is 26.2 Å². The van der Waals surface area contributed by atoms with E-state index in [4.69, 9.17) is 22.8 Å². The predicted molar refractivity (Wildman–Crippen MR) is 87.7 cm³/mol. The van der Waals surface area contributed by atoms with Crippen molar-refractivity contribution < 1.29 is 9.13 Å². The molecule has 0 bridgehead atoms. The second kappa shape index (κ2) is 6.34. The number of rotatable bonds is 4. The first-order valence-electron chi connectivity index (χ1n) is 7.08. The van der Waals surface area contributed by atoms with Crippen LogP contribution in [0.15, 0.2) is 23.0 Å². The lowest BCUT2D eigenvalue weighted by molar-refractivity contribution is 0.337. The van der Waals surface area contributed by atoms with Crippen molar-refractivity contribution in [3.05, 3.63) is 45.2 Å². The molecule has 0 radical (unpaired) electrons. The lowest BCUT2D eigenvalue weighted by Crippen LogP contribution is -2.20. The van der Waals surface area contributed by atoms with E-state index in [1.807, 2.05) is 6.92 Å². The summed E-state index contributed by atoms with van der Waals surface area (Å²) in [5.41, 5.74) is 1.39. The smallest absolute Gasteiger partial charge is 0.352 e. The molecule has 3 rings (SSSR count). The molecule has 3 aromatic rings. The summed E-state index contributed by atoms with van der Waals surface area (Å²) in [5.74, 6) is 1.72. The molecule has 0 unspecified atom stereocenters. The highest BCUT2D eigenvalue weighted by Crippen LogP contribution is 2.30. The summed E-state index contributed by atoms with van der Waals surface area (Å²) in [6, 6.07) is 4.34. The van der Waals surface area contributed by atoms with E-state index in [9.17, 15) is 9.18 Å². The number of halogens is 2. The number of ether oxygens (including phenoxy) is 1. The van der Waals surface area contributed by atoms with Gasteiger partial charge in [0.15, 0.2) is 12.3 Å². The molecule has 24 heavy (non-hydrogen) atoms. The van der Waals surface area contributed by atoms with E-state index in [1.165, 1.54) is 12.1 Å². The molecule has 0 amide bonds. The van der Waals surface area contributed by atoms with Gasteiger partial charge >= 0.3 is 11.7 Å². The van der Waals surface area contributed by atoms with Gasteiger partial charge in [-0.05, 0) is 24.1 Å². The Labute approximate surface area is 141 Å². The second-order valence-corrected chi connectivity index (χ2v) is 5.29. The number of nitrogens with zero attached hydrogens (tertiary/aromatic N) is 3. The minimum absolute atomic E-state index is 0.0112. The number of aromatic amines is 1. The van der Waals surface area contributed by atoms with Crippen molar-refractivity contribution in [3.8, 4) is 29.5 Å². The summed E-state index contributed by atoms with van der Waals surface area (Å²) < 4.78 is 20.1. The van der Waals surface area contributed by atoms with Crippen LogP contribution in [0.4, 0.5) is 4.39 Å². The fraction of sp³-hybridized carbons (Fsp3) is 0.188. The number of fused-ring (bicyclic) bond motifs is 1. The van der Waals surface area contributed by atoms with Crippen molar-refractivity contribution in [1.29, 1.82) is 0 Å². The van der Waals surface area contributed by atoms with Gasteiger partial charge in [-0.15, -0.1) is 6.42 Å². The third-order valence-corrected chi connectivity index (χ3v) is 3.69. The zero-order chi connectivity index (χ0) is 17.3. The summed E-state index contributed by atoms with van der Waals surface area (Å²) in [6.45, 7) is 1.83. The first kappa shape index (κ1) is 16.0. The van der Waals surface area contributed by atoms with Crippen LogP contribution in [0, 0.1) is 18.2 Å². The SMILES string of the molecule is C#CCOc1nc2c(-c3ccc(Cl)c(F)c3)c(CC)nn2c(=O)[nH]1. The molecule has 122 valence electrons. The Hall–Kier alpha value is -2.85. The maximum atomic E-state index is 13.8. The number of aryl methyl sites for hydroxylation is 1. The molecule has 0 atom stereocenters. The van der Waals surface area contributed by atoms with Crippen LogP contribution in [0.2, 0.25) is 5.02 Å². The fourth-order valence-electron chi connectivity index (χ4n) is 2.34. The molecule has 0 saturated carbocycles. The Kier molecular flexibility index (Phi) is 4.23. The van der Waals surface area contributed by atoms with Gasteiger partial charge in [0.05, 0.1) is 16.3 Å². The largest absolute Gasteiger partial charge is 0.451 e. The van der Waals surface area contributed by atoms with Gasteiger partial charge in [-0.3, -0.25) is 4.98 Å². The van der Waals surface area contributed by atoms with E-state index in [0.29, 0.717) is 23.2 Å². The number of H-pyrrole nitrogens is 1. The standard InChI is InChI=1S/C16H12ClFN4O2/c1-3-7-24-15-19-14-13(9-5-6-10(17)11(18)8-9)12(4-2)21-22(14)16(23)20-15/h1,5-6,8H,4,7H2,2H3,(H,19,20,23). The zero-order valence-corrected chi connectivity index (χ0v) is 13.4.